The molecule has 2 fully saturated rings. The minimum Gasteiger partial charge on any atom is -0.318 e. The third-order valence-corrected chi connectivity index (χ3v) is 3.06. The molecule has 0 spiro atoms. The molecule has 1 atom stereocenters. The summed E-state index contributed by atoms with van der Waals surface area (Å²) in [5.74, 6) is 0. The van der Waals surface area contributed by atoms with Crippen molar-refractivity contribution in [2.75, 3.05) is 13.1 Å². The van der Waals surface area contributed by atoms with Crippen LogP contribution < -0.4 is 0 Å². The second-order valence-corrected chi connectivity index (χ2v) is 3.89. The highest BCUT2D eigenvalue weighted by Crippen LogP contribution is 2.28. The van der Waals surface area contributed by atoms with Crippen LogP contribution in [0.25, 0.3) is 0 Å². The van der Waals surface area contributed by atoms with Crippen molar-refractivity contribution >= 4 is 0 Å². The predicted molar refractivity (Wildman–Crippen MR) is 44.7 cm³/mol. The fourth-order valence-corrected chi connectivity index (χ4v) is 2.09. The van der Waals surface area contributed by atoms with Crippen LogP contribution in [0.4, 0.5) is 8.78 Å². The Morgan fingerprint density at radius 3 is 2.54 bits per heavy atom. The smallest absolute Gasteiger partial charge is 0.318 e. The lowest BCUT2D eigenvalue weighted by Gasteiger charge is -2.34. The quantitative estimate of drug-likeness (QED) is 0.675. The largest absolute Gasteiger partial charge is 0.345 e. The third-order valence-electron chi connectivity index (χ3n) is 3.06. The van der Waals surface area contributed by atoms with E-state index in [9.17, 15) is 8.78 Å². The molecule has 0 N–H and O–H groups in total. The van der Waals surface area contributed by atoms with Gasteiger partial charge in [-0.3, -0.25) is 4.90 Å². The molecule has 2 aliphatic rings. The topological polar surface area (TPSA) is 12.5 Å². The van der Waals surface area contributed by atoms with Gasteiger partial charge in [-0.25, -0.2) is 0 Å². The zero-order valence-electron chi connectivity index (χ0n) is 7.59. The molecule has 13 heavy (non-hydrogen) atoms. The van der Waals surface area contributed by atoms with E-state index in [0.717, 1.165) is 13.0 Å². The summed E-state index contributed by atoms with van der Waals surface area (Å²) >= 11 is 0. The number of hydrogen-bond acceptors (Lipinski definition) is 2. The maximum Gasteiger partial charge on any atom is 0.345 e. The van der Waals surface area contributed by atoms with Crippen LogP contribution in [0.5, 0.6) is 0 Å². The molecule has 0 bridgehead atoms. The molecule has 1 unspecified atom stereocenters. The highest BCUT2D eigenvalue weighted by atomic mass is 19.3. The van der Waals surface area contributed by atoms with Crippen LogP contribution in [0.15, 0.2) is 0 Å². The van der Waals surface area contributed by atoms with E-state index in [1.54, 1.807) is 0 Å². The highest BCUT2D eigenvalue weighted by molar-refractivity contribution is 4.86. The summed E-state index contributed by atoms with van der Waals surface area (Å²) < 4.78 is 28.2. The van der Waals surface area contributed by atoms with Crippen molar-refractivity contribution in [1.82, 2.24) is 4.90 Å². The molecule has 1 saturated heterocycles. The number of halogens is 2. The van der Waals surface area contributed by atoms with Gasteiger partial charge in [0.25, 0.3) is 0 Å². The second kappa shape index (κ2) is 3.88. The van der Waals surface area contributed by atoms with Gasteiger partial charge in [-0.2, -0.15) is 8.78 Å². The molecule has 0 aromatic rings. The van der Waals surface area contributed by atoms with Gasteiger partial charge in [-0.05, 0) is 19.3 Å². The Morgan fingerprint density at radius 2 is 2.00 bits per heavy atom. The minimum absolute atomic E-state index is 0.236. The van der Waals surface area contributed by atoms with E-state index >= 15 is 0 Å². The van der Waals surface area contributed by atoms with E-state index in [2.05, 4.69) is 9.64 Å². The van der Waals surface area contributed by atoms with Crippen LogP contribution in [0.1, 0.15) is 25.7 Å². The van der Waals surface area contributed by atoms with Crippen molar-refractivity contribution in [3.8, 4) is 0 Å². The van der Waals surface area contributed by atoms with Crippen LogP contribution >= 0.6 is 0 Å². The molecule has 4 heteroatoms. The number of nitrogens with zero attached hydrogens (tertiary/aromatic N) is 1. The first kappa shape index (κ1) is 9.34. The molecule has 1 saturated carbocycles. The van der Waals surface area contributed by atoms with Gasteiger partial charge in [0, 0.05) is 19.1 Å². The second-order valence-electron chi connectivity index (χ2n) is 3.89. The number of alkyl halides is 2. The summed E-state index contributed by atoms with van der Waals surface area (Å²) in [5.41, 5.74) is 0. The molecule has 2 nitrogen and oxygen atoms in total. The predicted octanol–water partition coefficient (Wildman–Crippen LogP) is 1.85. The van der Waals surface area contributed by atoms with Crippen molar-refractivity contribution in [2.45, 2.75) is 44.4 Å². The van der Waals surface area contributed by atoms with Crippen molar-refractivity contribution in [1.29, 1.82) is 0 Å². The first-order chi connectivity index (χ1) is 6.25. The maximum atomic E-state index is 11.9. The molecule has 1 aliphatic carbocycles. The summed E-state index contributed by atoms with van der Waals surface area (Å²) in [5, 5.41) is 0. The van der Waals surface area contributed by atoms with Crippen LogP contribution in [0.3, 0.4) is 0 Å². The molecule has 1 aliphatic heterocycles. The highest BCUT2D eigenvalue weighted by Gasteiger charge is 2.32. The van der Waals surface area contributed by atoms with E-state index in [1.807, 2.05) is 0 Å². The molecule has 76 valence electrons. The fourth-order valence-electron chi connectivity index (χ4n) is 2.09. The summed E-state index contributed by atoms with van der Waals surface area (Å²) in [4.78, 5) is 2.29. The first-order valence-electron chi connectivity index (χ1n) is 4.93. The van der Waals surface area contributed by atoms with Gasteiger partial charge in [0.05, 0.1) is 6.10 Å². The maximum absolute atomic E-state index is 11.9. The minimum atomic E-state index is -2.61. The van der Waals surface area contributed by atoms with Gasteiger partial charge >= 0.3 is 6.61 Å². The lowest BCUT2D eigenvalue weighted by molar-refractivity contribution is -0.159. The van der Waals surface area contributed by atoms with Gasteiger partial charge in [-0.15, -0.1) is 0 Å². The van der Waals surface area contributed by atoms with Gasteiger partial charge in [0.2, 0.25) is 0 Å². The van der Waals surface area contributed by atoms with Crippen molar-refractivity contribution in [3.05, 3.63) is 0 Å². The normalized spacial score (nSPS) is 31.2. The SMILES string of the molecule is FC(F)OC1CCN(C2CCC2)C1. The molecule has 0 aromatic carbocycles. The average molecular weight is 191 g/mol. The number of hydrogen-bond donors (Lipinski definition) is 0. The average Bonchev–Trinajstić information content (AvgIpc) is 2.31. The third kappa shape index (κ3) is 2.17. The Morgan fingerprint density at radius 1 is 1.23 bits per heavy atom. The van der Waals surface area contributed by atoms with E-state index in [1.165, 1.54) is 19.3 Å². The van der Waals surface area contributed by atoms with Crippen LogP contribution in [-0.4, -0.2) is 36.7 Å². The van der Waals surface area contributed by atoms with E-state index in [4.69, 9.17) is 0 Å². The lowest BCUT2D eigenvalue weighted by Crippen LogP contribution is -2.39. The van der Waals surface area contributed by atoms with E-state index in [0.29, 0.717) is 12.6 Å². The Kier molecular flexibility index (Phi) is 2.79. The summed E-state index contributed by atoms with van der Waals surface area (Å²) in [6.45, 7) is -0.969. The van der Waals surface area contributed by atoms with Crippen LogP contribution in [-0.2, 0) is 4.74 Å². The monoisotopic (exact) mass is 191 g/mol. The molecular weight excluding hydrogens is 176 g/mol. The molecule has 0 radical (unpaired) electrons. The summed E-state index contributed by atoms with van der Waals surface area (Å²) in [6.07, 6.45) is 4.30. The summed E-state index contributed by atoms with van der Waals surface area (Å²) in [7, 11) is 0. The molecule has 1 heterocycles. The van der Waals surface area contributed by atoms with E-state index in [-0.39, 0.29) is 6.10 Å². The van der Waals surface area contributed by atoms with Crippen molar-refractivity contribution in [2.24, 2.45) is 0 Å². The lowest BCUT2D eigenvalue weighted by atomic mass is 9.92. The number of rotatable bonds is 3. The van der Waals surface area contributed by atoms with Crippen molar-refractivity contribution < 1.29 is 13.5 Å². The fraction of sp³-hybridized carbons (Fsp3) is 1.00. The number of ether oxygens (including phenoxy) is 1. The van der Waals surface area contributed by atoms with Crippen LogP contribution in [0.2, 0.25) is 0 Å². The Balaban J connectivity index is 1.73. The molecule has 0 amide bonds. The Labute approximate surface area is 76.9 Å². The zero-order chi connectivity index (χ0) is 9.26. The standard InChI is InChI=1S/C9H15F2NO/c10-9(11)13-8-4-5-12(6-8)7-2-1-3-7/h7-9H,1-6H2. The van der Waals surface area contributed by atoms with Gasteiger partial charge in [0.1, 0.15) is 0 Å². The Bertz CT molecular complexity index is 173. The summed E-state index contributed by atoms with van der Waals surface area (Å²) in [6, 6.07) is 0.659. The zero-order valence-corrected chi connectivity index (χ0v) is 7.59. The van der Waals surface area contributed by atoms with E-state index < -0.39 is 6.61 Å². The Hall–Kier alpha value is -0.220. The van der Waals surface area contributed by atoms with Gasteiger partial charge in [-0.1, -0.05) is 6.42 Å². The molecule has 0 aromatic heterocycles. The van der Waals surface area contributed by atoms with Gasteiger partial charge in [0.15, 0.2) is 0 Å². The molecule has 2 rings (SSSR count). The van der Waals surface area contributed by atoms with Gasteiger partial charge < -0.3 is 4.74 Å². The first-order valence-corrected chi connectivity index (χ1v) is 4.93. The molecular formula is C9H15F2NO. The van der Waals surface area contributed by atoms with Crippen LogP contribution in [0, 0.1) is 0 Å². The van der Waals surface area contributed by atoms with Crippen molar-refractivity contribution in [3.63, 3.8) is 0 Å². The number of likely N-dealkylation sites (tertiary alicyclic amines) is 1.